The van der Waals surface area contributed by atoms with Crippen molar-refractivity contribution in [3.8, 4) is 0 Å². The van der Waals surface area contributed by atoms with E-state index in [4.69, 9.17) is 18.6 Å². The Balaban J connectivity index is 1.45. The van der Waals surface area contributed by atoms with Crippen molar-refractivity contribution in [1.29, 1.82) is 0 Å². The lowest BCUT2D eigenvalue weighted by atomic mass is 9.36. The molecule has 1 aromatic rings. The van der Waals surface area contributed by atoms with Gasteiger partial charge < -0.3 is 23.7 Å². The van der Waals surface area contributed by atoms with Gasteiger partial charge in [0.05, 0.1) is 31.3 Å². The second-order valence-corrected chi connectivity index (χ2v) is 14.0. The van der Waals surface area contributed by atoms with Crippen LogP contribution in [0.15, 0.2) is 46.3 Å². The molecule has 0 radical (unpaired) electrons. The summed E-state index contributed by atoms with van der Waals surface area (Å²) in [5, 5.41) is 12.3. The van der Waals surface area contributed by atoms with Crippen molar-refractivity contribution in [2.75, 3.05) is 6.61 Å². The molecule has 11 atom stereocenters. The average molecular weight is 553 g/mol. The second kappa shape index (κ2) is 9.06. The minimum absolute atomic E-state index is 0.0537. The Kier molecular flexibility index (Phi) is 6.29. The highest BCUT2D eigenvalue weighted by Gasteiger charge is 2.77. The predicted octanol–water partition coefficient (Wildman–Crippen LogP) is 5.73. The van der Waals surface area contributed by atoms with Crippen molar-refractivity contribution >= 4 is 11.9 Å². The summed E-state index contributed by atoms with van der Waals surface area (Å²) in [4.78, 5) is 25.5. The van der Waals surface area contributed by atoms with E-state index in [2.05, 4.69) is 39.8 Å². The Morgan fingerprint density at radius 2 is 1.88 bits per heavy atom. The maximum absolute atomic E-state index is 13.0. The zero-order valence-corrected chi connectivity index (χ0v) is 24.9. The van der Waals surface area contributed by atoms with Crippen LogP contribution in [0.2, 0.25) is 0 Å². The fraction of sp³-hybridized carbons (Fsp3) is 0.697. The lowest BCUT2D eigenvalue weighted by Gasteiger charge is -2.69. The van der Waals surface area contributed by atoms with Gasteiger partial charge in [0.25, 0.3) is 0 Å². The summed E-state index contributed by atoms with van der Waals surface area (Å²) in [5.41, 5.74) is 1.36. The molecule has 4 aliphatic carbocycles. The van der Waals surface area contributed by atoms with Gasteiger partial charge in [-0.2, -0.15) is 0 Å². The molecule has 7 heteroatoms. The first-order valence-corrected chi connectivity index (χ1v) is 14.9. The number of rotatable bonds is 4. The number of hydrogen-bond donors (Lipinski definition) is 1. The molecule has 40 heavy (non-hydrogen) atoms. The predicted molar refractivity (Wildman–Crippen MR) is 148 cm³/mol. The van der Waals surface area contributed by atoms with Crippen molar-refractivity contribution < 1.29 is 33.3 Å². The van der Waals surface area contributed by atoms with Gasteiger partial charge in [0, 0.05) is 41.1 Å². The molecule has 4 fully saturated rings. The van der Waals surface area contributed by atoms with E-state index in [1.807, 2.05) is 13.2 Å². The van der Waals surface area contributed by atoms with Crippen LogP contribution in [0.5, 0.6) is 0 Å². The van der Waals surface area contributed by atoms with Crippen LogP contribution in [0, 0.1) is 33.5 Å². The molecule has 3 saturated carbocycles. The Hall–Kier alpha value is -2.38. The summed E-state index contributed by atoms with van der Waals surface area (Å²) in [6.07, 6.45) is 8.72. The number of esters is 2. The van der Waals surface area contributed by atoms with Gasteiger partial charge >= 0.3 is 11.9 Å². The summed E-state index contributed by atoms with van der Waals surface area (Å²) in [5.74, 6) is -0.503. The summed E-state index contributed by atoms with van der Waals surface area (Å²) in [6.45, 7) is 14.3. The second-order valence-electron chi connectivity index (χ2n) is 14.0. The highest BCUT2D eigenvalue weighted by Crippen LogP contribution is 2.75. The van der Waals surface area contributed by atoms with E-state index in [0.717, 1.165) is 19.3 Å². The molecule has 1 aromatic heterocycles. The van der Waals surface area contributed by atoms with Gasteiger partial charge in [0.1, 0.15) is 12.2 Å². The molecule has 218 valence electrons. The smallest absolute Gasteiger partial charge is 0.333 e. The van der Waals surface area contributed by atoms with Crippen LogP contribution < -0.4 is 0 Å². The molecule has 2 heterocycles. The number of aliphatic hydroxyl groups is 1. The zero-order valence-electron chi connectivity index (χ0n) is 24.9. The van der Waals surface area contributed by atoms with Crippen LogP contribution in [0.3, 0.4) is 0 Å². The molecule has 1 aliphatic heterocycles. The lowest BCUT2D eigenvalue weighted by molar-refractivity contribution is -0.262. The third-order valence-corrected chi connectivity index (χ3v) is 12.3. The van der Waals surface area contributed by atoms with Gasteiger partial charge in [0.15, 0.2) is 0 Å². The van der Waals surface area contributed by atoms with Crippen LogP contribution in [0.25, 0.3) is 0 Å². The van der Waals surface area contributed by atoms with Gasteiger partial charge in [-0.15, -0.1) is 0 Å². The molecule has 0 spiro atoms. The van der Waals surface area contributed by atoms with Crippen molar-refractivity contribution in [2.45, 2.75) is 104 Å². The topological polar surface area (TPSA) is 95.2 Å². The Morgan fingerprint density at radius 3 is 2.52 bits per heavy atom. The Bertz CT molecular complexity index is 1260. The summed E-state index contributed by atoms with van der Waals surface area (Å²) in [7, 11) is 0. The monoisotopic (exact) mass is 552 g/mol. The molecule has 7 nitrogen and oxygen atoms in total. The van der Waals surface area contributed by atoms with Gasteiger partial charge in [-0.05, 0) is 62.0 Å². The Morgan fingerprint density at radius 1 is 1.12 bits per heavy atom. The number of hydrogen-bond acceptors (Lipinski definition) is 7. The molecular formula is C33H44O7. The number of fused-ring (bicyclic) bond motifs is 4. The minimum Gasteiger partial charge on any atom is -0.472 e. The first kappa shape index (κ1) is 27.8. The standard InChI is InChI=1S/C33H44O7/c1-8-18(2)29(36)40-24-15-25(39-19(3)34)33(7)23-11-13-30(4)21(20-12-14-37-16-20)9-10-22(30)32(23,6)28(35)26-27(33)31(24,5)17-38-26/h8,10,12,14,16,21,23-28,35H,9,11,13,15,17H2,1-7H3/b18-8+/t21-,23-,24+,25-,26+,27-,28+,30-,31+,32-,33-/m0/s1. The van der Waals surface area contributed by atoms with E-state index in [1.54, 1.807) is 19.3 Å². The van der Waals surface area contributed by atoms with E-state index >= 15 is 0 Å². The molecule has 1 saturated heterocycles. The van der Waals surface area contributed by atoms with E-state index < -0.39 is 40.7 Å². The number of ether oxygens (including phenoxy) is 3. The van der Waals surface area contributed by atoms with Gasteiger partial charge in [-0.25, -0.2) is 4.79 Å². The van der Waals surface area contributed by atoms with Crippen LogP contribution in [0.4, 0.5) is 0 Å². The number of carbonyl (C=O) groups excluding carboxylic acids is 2. The van der Waals surface area contributed by atoms with E-state index in [1.165, 1.54) is 18.1 Å². The molecule has 5 aliphatic rings. The van der Waals surface area contributed by atoms with Gasteiger partial charge in [-0.1, -0.05) is 45.4 Å². The summed E-state index contributed by atoms with van der Waals surface area (Å²) < 4.78 is 24.3. The fourth-order valence-corrected chi connectivity index (χ4v) is 10.4. The quantitative estimate of drug-likeness (QED) is 0.289. The highest BCUT2D eigenvalue weighted by atomic mass is 16.6. The van der Waals surface area contributed by atoms with E-state index in [-0.39, 0.29) is 29.2 Å². The molecule has 0 unspecified atom stereocenters. The number of aliphatic hydroxyl groups excluding tert-OH is 1. The molecule has 0 amide bonds. The minimum atomic E-state index is -0.740. The first-order chi connectivity index (χ1) is 18.8. The molecule has 1 N–H and O–H groups in total. The largest absolute Gasteiger partial charge is 0.472 e. The van der Waals surface area contributed by atoms with Crippen molar-refractivity contribution in [1.82, 2.24) is 0 Å². The van der Waals surface area contributed by atoms with Crippen molar-refractivity contribution in [3.05, 3.63) is 47.5 Å². The third kappa shape index (κ3) is 3.43. The lowest BCUT2D eigenvalue weighted by Crippen LogP contribution is -2.73. The molecule has 0 aromatic carbocycles. The average Bonchev–Trinajstić information content (AvgIpc) is 3.63. The Labute approximate surface area is 237 Å². The van der Waals surface area contributed by atoms with Gasteiger partial charge in [0.2, 0.25) is 0 Å². The first-order valence-electron chi connectivity index (χ1n) is 14.9. The normalized spacial score (nSPS) is 47.5. The van der Waals surface area contributed by atoms with Crippen LogP contribution in [-0.2, 0) is 23.8 Å². The van der Waals surface area contributed by atoms with Crippen LogP contribution in [0.1, 0.15) is 85.6 Å². The maximum Gasteiger partial charge on any atom is 0.333 e. The zero-order chi connectivity index (χ0) is 28.8. The number of carbonyl (C=O) groups is 2. The molecule has 6 rings (SSSR count). The SMILES string of the molecule is C/C=C(\C)C(=O)O[C@@H]1C[C@H](OC(C)=O)[C@@]2(C)[C@H]3[C@@H](OC[C@]13C)[C@@H](O)[C@@]1(C)C3=CC[C@@H](c4ccoc4)[C@]3(C)CC[C@@H]12. The van der Waals surface area contributed by atoms with Crippen molar-refractivity contribution in [2.24, 2.45) is 33.5 Å². The van der Waals surface area contributed by atoms with Crippen LogP contribution in [-0.4, -0.2) is 48.1 Å². The van der Waals surface area contributed by atoms with E-state index in [0.29, 0.717) is 24.5 Å². The maximum atomic E-state index is 13.0. The molecular weight excluding hydrogens is 508 g/mol. The van der Waals surface area contributed by atoms with E-state index in [9.17, 15) is 14.7 Å². The number of allylic oxidation sites excluding steroid dienone is 2. The number of furan rings is 1. The highest BCUT2D eigenvalue weighted by molar-refractivity contribution is 5.87. The van der Waals surface area contributed by atoms with Gasteiger partial charge in [-0.3, -0.25) is 4.79 Å². The molecule has 0 bridgehead atoms. The summed E-state index contributed by atoms with van der Waals surface area (Å²) in [6, 6.07) is 2.07. The fourth-order valence-electron chi connectivity index (χ4n) is 10.4. The third-order valence-electron chi connectivity index (χ3n) is 12.3. The summed E-state index contributed by atoms with van der Waals surface area (Å²) >= 11 is 0. The van der Waals surface area contributed by atoms with Crippen LogP contribution >= 0.6 is 0 Å². The van der Waals surface area contributed by atoms with Crippen molar-refractivity contribution in [3.63, 3.8) is 0 Å².